The van der Waals surface area contributed by atoms with Crippen LogP contribution in [0.25, 0.3) is 0 Å². The number of carbonyl (C=O) groups excluding carboxylic acids is 1. The zero-order valence-corrected chi connectivity index (χ0v) is 22.6. The second kappa shape index (κ2) is 11.5. The molecule has 39 heavy (non-hydrogen) atoms. The summed E-state index contributed by atoms with van der Waals surface area (Å²) in [6.45, 7) is 4.39. The molecule has 0 bridgehead atoms. The molecule has 1 N–H and O–H groups in total. The molecule has 204 valence electrons. The molecule has 1 aliphatic carbocycles. The molecule has 0 spiro atoms. The number of hydrogen-bond acceptors (Lipinski definition) is 7. The molecular weight excluding hydrogens is 520 g/mol. The third-order valence-electron chi connectivity index (χ3n) is 7.02. The van der Waals surface area contributed by atoms with Gasteiger partial charge in [-0.1, -0.05) is 35.9 Å². The van der Waals surface area contributed by atoms with Gasteiger partial charge in [0.1, 0.15) is 11.9 Å². The normalized spacial score (nSPS) is 25.5. The number of ether oxygens (including phenoxy) is 4. The minimum atomic E-state index is -1.25. The summed E-state index contributed by atoms with van der Waals surface area (Å²) >= 11 is 6.20. The van der Waals surface area contributed by atoms with Crippen molar-refractivity contribution in [3.05, 3.63) is 94.4 Å². The molecule has 1 saturated heterocycles. The quantitative estimate of drug-likeness (QED) is 0.387. The smallest absolute Gasteiger partial charge is 0.252 e. The maximum atomic E-state index is 13.9. The predicted octanol–water partition coefficient (Wildman–Crippen LogP) is 5.28. The fourth-order valence-electron chi connectivity index (χ4n) is 5.18. The van der Waals surface area contributed by atoms with Crippen molar-refractivity contribution in [3.63, 3.8) is 0 Å². The van der Waals surface area contributed by atoms with E-state index >= 15 is 0 Å². The summed E-state index contributed by atoms with van der Waals surface area (Å²) in [6, 6.07) is 20.3. The average Bonchev–Trinajstić information content (AvgIpc) is 3.55. The average molecular weight is 551 g/mol. The lowest BCUT2D eigenvalue weighted by Gasteiger charge is -2.43. The zero-order valence-electron chi connectivity index (χ0n) is 21.9. The van der Waals surface area contributed by atoms with Crippen LogP contribution in [0, 0.1) is 11.3 Å². The Hall–Kier alpha value is -3.19. The lowest BCUT2D eigenvalue weighted by molar-refractivity contribution is -0.183. The highest BCUT2D eigenvalue weighted by atomic mass is 35.5. The van der Waals surface area contributed by atoms with Crippen LogP contribution in [0.5, 0.6) is 0 Å². The molecule has 1 unspecified atom stereocenters. The van der Waals surface area contributed by atoms with E-state index in [-0.39, 0.29) is 38.2 Å². The summed E-state index contributed by atoms with van der Waals surface area (Å²) in [4.78, 5) is 13.9. The molecule has 1 aliphatic heterocycles. The van der Waals surface area contributed by atoms with Gasteiger partial charge in [-0.2, -0.15) is 5.26 Å². The Labute approximate surface area is 232 Å². The maximum absolute atomic E-state index is 13.9. The van der Waals surface area contributed by atoms with Crippen LogP contribution in [0.1, 0.15) is 49.1 Å². The number of nitrogens with one attached hydrogen (secondary N) is 1. The summed E-state index contributed by atoms with van der Waals surface area (Å²) in [5.41, 5.74) is 1.08. The van der Waals surface area contributed by atoms with Crippen LogP contribution < -0.4 is 5.32 Å². The number of halogens is 1. The highest BCUT2D eigenvalue weighted by Crippen LogP contribution is 2.44. The number of furan rings is 1. The number of hydrogen-bond donors (Lipinski definition) is 1. The SMILES string of the molecule is CC1(C)O[C@@H]2C[C@@](OCc3cccc(Cl)c3)(C(=O)NCc3ccco3)CC(OCc3ccc(C#N)cc3)[C@@H]2O1. The van der Waals surface area contributed by atoms with Gasteiger partial charge in [-0.15, -0.1) is 0 Å². The number of benzene rings is 2. The topological polar surface area (TPSA) is 103 Å². The summed E-state index contributed by atoms with van der Waals surface area (Å²) in [5.74, 6) is -0.476. The van der Waals surface area contributed by atoms with Gasteiger partial charge < -0.3 is 28.7 Å². The van der Waals surface area contributed by atoms with Crippen molar-refractivity contribution in [2.45, 2.75) is 76.1 Å². The van der Waals surface area contributed by atoms with E-state index in [9.17, 15) is 4.79 Å². The summed E-state index contributed by atoms with van der Waals surface area (Å²) in [5, 5.41) is 12.7. The van der Waals surface area contributed by atoms with Crippen LogP contribution >= 0.6 is 11.6 Å². The van der Waals surface area contributed by atoms with E-state index in [0.29, 0.717) is 22.8 Å². The van der Waals surface area contributed by atoms with Crippen molar-refractivity contribution in [1.82, 2.24) is 5.32 Å². The Morgan fingerprint density at radius 1 is 1.08 bits per heavy atom. The monoisotopic (exact) mass is 550 g/mol. The highest BCUT2D eigenvalue weighted by Gasteiger charge is 2.58. The van der Waals surface area contributed by atoms with Gasteiger partial charge >= 0.3 is 0 Å². The van der Waals surface area contributed by atoms with E-state index in [4.69, 9.17) is 40.2 Å². The van der Waals surface area contributed by atoms with Crippen LogP contribution in [0.2, 0.25) is 5.02 Å². The number of fused-ring (bicyclic) bond motifs is 1. The molecule has 2 aromatic carbocycles. The Kier molecular flexibility index (Phi) is 8.08. The predicted molar refractivity (Wildman–Crippen MR) is 142 cm³/mol. The molecule has 4 atom stereocenters. The number of amides is 1. The van der Waals surface area contributed by atoms with Gasteiger partial charge in [0.05, 0.1) is 49.9 Å². The van der Waals surface area contributed by atoms with E-state index in [1.54, 1.807) is 36.6 Å². The molecule has 2 heterocycles. The Balaban J connectivity index is 1.40. The Morgan fingerprint density at radius 2 is 1.90 bits per heavy atom. The van der Waals surface area contributed by atoms with Crippen molar-refractivity contribution in [2.75, 3.05) is 0 Å². The van der Waals surface area contributed by atoms with Crippen LogP contribution in [-0.4, -0.2) is 35.6 Å². The molecule has 0 radical (unpaired) electrons. The third-order valence-corrected chi connectivity index (χ3v) is 7.25. The molecule has 2 aliphatic rings. The van der Waals surface area contributed by atoms with Crippen molar-refractivity contribution in [2.24, 2.45) is 0 Å². The van der Waals surface area contributed by atoms with Gasteiger partial charge in [-0.05, 0) is 61.4 Å². The largest absolute Gasteiger partial charge is 0.467 e. The van der Waals surface area contributed by atoms with Crippen LogP contribution in [-0.2, 0) is 43.5 Å². The van der Waals surface area contributed by atoms with Gasteiger partial charge in [0.15, 0.2) is 11.4 Å². The molecule has 3 aromatic rings. The summed E-state index contributed by atoms with van der Waals surface area (Å²) in [6.07, 6.45) is 0.829. The summed E-state index contributed by atoms with van der Waals surface area (Å²) in [7, 11) is 0. The first-order valence-electron chi connectivity index (χ1n) is 12.9. The fraction of sp³-hybridized carbons (Fsp3) is 0.400. The molecule has 9 heteroatoms. The second-order valence-corrected chi connectivity index (χ2v) is 10.8. The molecule has 1 aromatic heterocycles. The molecule has 1 amide bonds. The minimum Gasteiger partial charge on any atom is -0.467 e. The lowest BCUT2D eigenvalue weighted by Crippen LogP contribution is -2.59. The number of nitriles is 1. The summed E-state index contributed by atoms with van der Waals surface area (Å²) < 4.78 is 30.8. The van der Waals surface area contributed by atoms with E-state index < -0.39 is 23.6 Å². The van der Waals surface area contributed by atoms with Gasteiger partial charge in [0.2, 0.25) is 0 Å². The third kappa shape index (κ3) is 6.52. The van der Waals surface area contributed by atoms with Crippen LogP contribution in [0.15, 0.2) is 71.3 Å². The minimum absolute atomic E-state index is 0.179. The van der Waals surface area contributed by atoms with E-state index in [2.05, 4.69) is 11.4 Å². The van der Waals surface area contributed by atoms with Crippen LogP contribution in [0.4, 0.5) is 0 Å². The fourth-order valence-corrected chi connectivity index (χ4v) is 5.39. The van der Waals surface area contributed by atoms with Crippen molar-refractivity contribution in [1.29, 1.82) is 5.26 Å². The van der Waals surface area contributed by atoms with Crippen LogP contribution in [0.3, 0.4) is 0 Å². The van der Waals surface area contributed by atoms with Gasteiger partial charge in [0.25, 0.3) is 5.91 Å². The van der Waals surface area contributed by atoms with E-state index in [0.717, 1.165) is 11.1 Å². The zero-order chi connectivity index (χ0) is 27.5. The first-order chi connectivity index (χ1) is 18.7. The standard InChI is InChI=1S/C30H31ClN2O6/c1-29(2)38-26-15-30(28(34)33-17-24-7-4-12-35-24,37-19-22-5-3-6-23(31)13-22)14-25(27(26)39-29)36-18-21-10-8-20(16-32)9-11-21/h3-13,25-27H,14-15,17-19H2,1-2H3,(H,33,34)/t25?,26-,27+,30-/m1/s1. The Bertz CT molecular complexity index is 1320. The van der Waals surface area contributed by atoms with Gasteiger partial charge in [-0.3, -0.25) is 4.79 Å². The molecule has 8 nitrogen and oxygen atoms in total. The van der Waals surface area contributed by atoms with E-state index in [1.165, 1.54) is 0 Å². The van der Waals surface area contributed by atoms with Crippen molar-refractivity contribution < 1.29 is 28.2 Å². The molecular formula is C30H31ClN2O6. The van der Waals surface area contributed by atoms with Gasteiger partial charge in [-0.25, -0.2) is 0 Å². The van der Waals surface area contributed by atoms with Crippen molar-refractivity contribution in [3.8, 4) is 6.07 Å². The Morgan fingerprint density at radius 3 is 2.62 bits per heavy atom. The number of nitrogens with zero attached hydrogens (tertiary/aromatic N) is 1. The first kappa shape index (κ1) is 27.4. The number of carbonyl (C=O) groups is 1. The first-order valence-corrected chi connectivity index (χ1v) is 13.3. The highest BCUT2D eigenvalue weighted by molar-refractivity contribution is 6.30. The molecule has 5 rings (SSSR count). The molecule has 2 fully saturated rings. The number of rotatable bonds is 9. The molecule has 1 saturated carbocycles. The second-order valence-electron chi connectivity index (χ2n) is 10.4. The maximum Gasteiger partial charge on any atom is 0.252 e. The van der Waals surface area contributed by atoms with Gasteiger partial charge in [0, 0.05) is 17.9 Å². The van der Waals surface area contributed by atoms with Crippen molar-refractivity contribution >= 4 is 17.5 Å². The lowest BCUT2D eigenvalue weighted by atomic mass is 9.78. The van der Waals surface area contributed by atoms with E-state index in [1.807, 2.05) is 44.2 Å².